The molecule has 4 nitrogen and oxygen atoms in total. The third-order valence-electron chi connectivity index (χ3n) is 5.26. The third-order valence-corrected chi connectivity index (χ3v) is 5.26. The predicted molar refractivity (Wildman–Crippen MR) is 103 cm³/mol. The summed E-state index contributed by atoms with van der Waals surface area (Å²) in [6.45, 7) is 7.03. The van der Waals surface area contributed by atoms with Gasteiger partial charge in [-0.1, -0.05) is 32.0 Å². The van der Waals surface area contributed by atoms with E-state index in [1.165, 1.54) is 6.42 Å². The SMILES string of the molecule is CNCCC1CCN(C(=O)c2cc(C(C)C)nc3ccccc23)CC1. The number of hydrogen-bond donors (Lipinski definition) is 1. The van der Waals surface area contributed by atoms with Crippen molar-refractivity contribution >= 4 is 16.8 Å². The number of fused-ring (bicyclic) bond motifs is 1. The number of nitrogens with zero attached hydrogens (tertiary/aromatic N) is 2. The zero-order valence-electron chi connectivity index (χ0n) is 15.6. The molecule has 1 aliphatic heterocycles. The van der Waals surface area contributed by atoms with Crippen molar-refractivity contribution in [1.29, 1.82) is 0 Å². The Morgan fingerprint density at radius 1 is 1.28 bits per heavy atom. The van der Waals surface area contributed by atoms with Crippen molar-refractivity contribution in [3.63, 3.8) is 0 Å². The zero-order chi connectivity index (χ0) is 17.8. The molecule has 25 heavy (non-hydrogen) atoms. The van der Waals surface area contributed by atoms with Crippen molar-refractivity contribution in [1.82, 2.24) is 15.2 Å². The van der Waals surface area contributed by atoms with Crippen molar-refractivity contribution in [3.05, 3.63) is 41.6 Å². The van der Waals surface area contributed by atoms with Gasteiger partial charge >= 0.3 is 0 Å². The molecule has 0 aliphatic carbocycles. The molecule has 1 aromatic heterocycles. The van der Waals surface area contributed by atoms with Gasteiger partial charge in [0.05, 0.1) is 11.1 Å². The molecule has 0 unspecified atom stereocenters. The van der Waals surface area contributed by atoms with E-state index in [-0.39, 0.29) is 5.91 Å². The molecule has 0 saturated carbocycles. The van der Waals surface area contributed by atoms with Gasteiger partial charge in [-0.25, -0.2) is 0 Å². The van der Waals surface area contributed by atoms with Crippen LogP contribution >= 0.6 is 0 Å². The quantitative estimate of drug-likeness (QED) is 0.901. The minimum atomic E-state index is 0.160. The molecule has 1 aromatic carbocycles. The number of rotatable bonds is 5. The Balaban J connectivity index is 1.82. The Kier molecular flexibility index (Phi) is 5.69. The second-order valence-corrected chi connectivity index (χ2v) is 7.39. The highest BCUT2D eigenvalue weighted by Crippen LogP contribution is 2.26. The van der Waals surface area contributed by atoms with Gasteiger partial charge in [0.15, 0.2) is 0 Å². The number of aromatic nitrogens is 1. The van der Waals surface area contributed by atoms with Crippen molar-refractivity contribution in [2.24, 2.45) is 5.92 Å². The maximum absolute atomic E-state index is 13.2. The van der Waals surface area contributed by atoms with Gasteiger partial charge in [-0.2, -0.15) is 0 Å². The fourth-order valence-corrected chi connectivity index (χ4v) is 3.61. The van der Waals surface area contributed by atoms with E-state index in [1.807, 2.05) is 42.3 Å². The lowest BCUT2D eigenvalue weighted by molar-refractivity contribution is 0.0689. The van der Waals surface area contributed by atoms with E-state index in [9.17, 15) is 4.79 Å². The van der Waals surface area contributed by atoms with Gasteiger partial charge in [0.2, 0.25) is 0 Å². The van der Waals surface area contributed by atoms with E-state index in [0.29, 0.717) is 5.92 Å². The van der Waals surface area contributed by atoms with Gasteiger partial charge in [0.25, 0.3) is 5.91 Å². The first-order valence-electron chi connectivity index (χ1n) is 9.43. The summed E-state index contributed by atoms with van der Waals surface area (Å²) in [6.07, 6.45) is 3.41. The summed E-state index contributed by atoms with van der Waals surface area (Å²) >= 11 is 0. The van der Waals surface area contributed by atoms with Crippen LogP contribution in [0.5, 0.6) is 0 Å². The summed E-state index contributed by atoms with van der Waals surface area (Å²) in [5, 5.41) is 4.19. The van der Waals surface area contributed by atoms with Crippen LogP contribution in [0.25, 0.3) is 10.9 Å². The number of piperidine rings is 1. The second-order valence-electron chi connectivity index (χ2n) is 7.39. The Labute approximate surface area is 150 Å². The highest BCUT2D eigenvalue weighted by atomic mass is 16.2. The van der Waals surface area contributed by atoms with Crippen LogP contribution in [0.15, 0.2) is 30.3 Å². The number of para-hydroxylation sites is 1. The van der Waals surface area contributed by atoms with Crippen molar-refractivity contribution in [3.8, 4) is 0 Å². The summed E-state index contributed by atoms with van der Waals surface area (Å²) < 4.78 is 0. The molecule has 1 saturated heterocycles. The predicted octanol–water partition coefficient (Wildman–Crippen LogP) is 3.82. The number of carbonyl (C=O) groups excluding carboxylic acids is 1. The van der Waals surface area contributed by atoms with Gasteiger partial charge < -0.3 is 10.2 Å². The number of pyridine rings is 1. The number of benzene rings is 1. The van der Waals surface area contributed by atoms with E-state index in [4.69, 9.17) is 4.98 Å². The van der Waals surface area contributed by atoms with Crippen LogP contribution in [0.4, 0.5) is 0 Å². The summed E-state index contributed by atoms with van der Waals surface area (Å²) in [4.78, 5) is 20.0. The number of nitrogens with one attached hydrogen (secondary N) is 1. The van der Waals surface area contributed by atoms with Gasteiger partial charge in [0, 0.05) is 24.2 Å². The topological polar surface area (TPSA) is 45.2 Å². The molecule has 1 N–H and O–H groups in total. The van der Waals surface area contributed by atoms with E-state index in [0.717, 1.165) is 60.6 Å². The first-order chi connectivity index (χ1) is 12.1. The van der Waals surface area contributed by atoms with Gasteiger partial charge in [-0.3, -0.25) is 9.78 Å². The zero-order valence-corrected chi connectivity index (χ0v) is 15.6. The molecule has 1 amide bonds. The fraction of sp³-hybridized carbons (Fsp3) is 0.524. The normalized spacial score (nSPS) is 15.9. The number of hydrogen-bond acceptors (Lipinski definition) is 3. The average molecular weight is 339 g/mol. The highest BCUT2D eigenvalue weighted by Gasteiger charge is 2.25. The third kappa shape index (κ3) is 4.01. The van der Waals surface area contributed by atoms with E-state index in [2.05, 4.69) is 19.2 Å². The monoisotopic (exact) mass is 339 g/mol. The van der Waals surface area contributed by atoms with Crippen LogP contribution in [0, 0.1) is 5.92 Å². The number of likely N-dealkylation sites (tertiary alicyclic amines) is 1. The molecule has 1 aliphatic rings. The molecule has 0 radical (unpaired) electrons. The van der Waals surface area contributed by atoms with Crippen molar-refractivity contribution < 1.29 is 4.79 Å². The molecule has 2 aromatic rings. The molecule has 0 spiro atoms. The Hall–Kier alpha value is -1.94. The maximum atomic E-state index is 13.2. The maximum Gasteiger partial charge on any atom is 0.254 e. The van der Waals surface area contributed by atoms with Gasteiger partial charge in [-0.15, -0.1) is 0 Å². The van der Waals surface area contributed by atoms with E-state index in [1.54, 1.807) is 0 Å². The lowest BCUT2D eigenvalue weighted by atomic mass is 9.93. The summed E-state index contributed by atoms with van der Waals surface area (Å²) in [6, 6.07) is 9.99. The van der Waals surface area contributed by atoms with Gasteiger partial charge in [-0.05, 0) is 56.8 Å². The second kappa shape index (κ2) is 7.96. The van der Waals surface area contributed by atoms with E-state index >= 15 is 0 Å². The lowest BCUT2D eigenvalue weighted by Gasteiger charge is -2.32. The van der Waals surface area contributed by atoms with Crippen LogP contribution in [0.1, 0.15) is 55.1 Å². The molecular weight excluding hydrogens is 310 g/mol. The van der Waals surface area contributed by atoms with E-state index < -0.39 is 0 Å². The van der Waals surface area contributed by atoms with Crippen LogP contribution in [-0.4, -0.2) is 42.5 Å². The van der Waals surface area contributed by atoms with Crippen molar-refractivity contribution in [2.75, 3.05) is 26.7 Å². The van der Waals surface area contributed by atoms with Crippen LogP contribution in [0.3, 0.4) is 0 Å². The smallest absolute Gasteiger partial charge is 0.254 e. The minimum Gasteiger partial charge on any atom is -0.339 e. The molecular formula is C21H29N3O. The molecule has 4 heteroatoms. The Morgan fingerprint density at radius 3 is 2.68 bits per heavy atom. The van der Waals surface area contributed by atoms with Crippen molar-refractivity contribution in [2.45, 2.75) is 39.0 Å². The molecule has 1 fully saturated rings. The lowest BCUT2D eigenvalue weighted by Crippen LogP contribution is -2.39. The number of carbonyl (C=O) groups is 1. The first-order valence-corrected chi connectivity index (χ1v) is 9.43. The minimum absolute atomic E-state index is 0.160. The molecule has 0 bridgehead atoms. The van der Waals surface area contributed by atoms with Crippen LogP contribution in [0.2, 0.25) is 0 Å². The molecule has 0 atom stereocenters. The summed E-state index contributed by atoms with van der Waals surface area (Å²) in [5.74, 6) is 1.20. The molecule has 3 rings (SSSR count). The molecule has 134 valence electrons. The molecule has 2 heterocycles. The summed E-state index contributed by atoms with van der Waals surface area (Å²) in [5.41, 5.74) is 2.72. The highest BCUT2D eigenvalue weighted by molar-refractivity contribution is 6.06. The first kappa shape index (κ1) is 17.9. The van der Waals surface area contributed by atoms with Gasteiger partial charge in [0.1, 0.15) is 0 Å². The number of amides is 1. The van der Waals surface area contributed by atoms with Crippen LogP contribution in [-0.2, 0) is 0 Å². The summed E-state index contributed by atoms with van der Waals surface area (Å²) in [7, 11) is 2.00. The largest absolute Gasteiger partial charge is 0.339 e. The average Bonchev–Trinajstić information content (AvgIpc) is 2.65. The fourth-order valence-electron chi connectivity index (χ4n) is 3.61. The standard InChI is InChI=1S/C21H29N3O/c1-15(2)20-14-18(17-6-4-5-7-19(17)23-20)21(25)24-12-9-16(10-13-24)8-11-22-3/h4-7,14-16,22H,8-13H2,1-3H3. The van der Waals surface area contributed by atoms with Crippen LogP contribution < -0.4 is 5.32 Å². The Morgan fingerprint density at radius 2 is 2.00 bits per heavy atom. The Bertz CT molecular complexity index is 733.